The van der Waals surface area contributed by atoms with Gasteiger partial charge in [-0.2, -0.15) is 5.26 Å². The standard InChI is InChI=1S/C24H22FN3O3S/c25-20-10-16(6-7-22(20)28-32(30,31)14-24(13-26)8-9-24)19-11-17(12-23(29)15-4-5-15)27-21-3-1-2-18(19)21/h1-2,6-7,10-11,15,28H,3-5,8-9,12,14H2. The van der Waals surface area contributed by atoms with Gasteiger partial charge in [0.15, 0.2) is 0 Å². The van der Waals surface area contributed by atoms with E-state index >= 15 is 0 Å². The molecule has 2 fully saturated rings. The number of Topliss-reactive ketones (excluding diaryl/α,β-unsaturated/α-hetero) is 1. The van der Waals surface area contributed by atoms with Crippen molar-refractivity contribution in [1.29, 1.82) is 5.26 Å². The fourth-order valence-electron chi connectivity index (χ4n) is 4.13. The molecule has 1 aromatic heterocycles. The Kier molecular flexibility index (Phi) is 4.90. The van der Waals surface area contributed by atoms with Crippen LogP contribution in [0.4, 0.5) is 10.1 Å². The van der Waals surface area contributed by atoms with E-state index in [1.54, 1.807) is 6.07 Å². The summed E-state index contributed by atoms with van der Waals surface area (Å²) in [5.41, 5.74) is 2.80. The molecule has 164 valence electrons. The molecule has 0 bridgehead atoms. The fourth-order valence-corrected chi connectivity index (χ4v) is 5.78. The van der Waals surface area contributed by atoms with E-state index in [4.69, 9.17) is 5.26 Å². The topological polar surface area (TPSA) is 99.9 Å². The zero-order valence-electron chi connectivity index (χ0n) is 17.4. The minimum Gasteiger partial charge on any atom is -0.299 e. The van der Waals surface area contributed by atoms with E-state index in [2.05, 4.69) is 9.71 Å². The lowest BCUT2D eigenvalue weighted by Gasteiger charge is -2.14. The number of hydrogen-bond acceptors (Lipinski definition) is 5. The average molecular weight is 452 g/mol. The van der Waals surface area contributed by atoms with Gasteiger partial charge in [-0.05, 0) is 55.0 Å². The van der Waals surface area contributed by atoms with Gasteiger partial charge >= 0.3 is 0 Å². The van der Waals surface area contributed by atoms with Gasteiger partial charge < -0.3 is 0 Å². The Morgan fingerprint density at radius 2 is 2.06 bits per heavy atom. The van der Waals surface area contributed by atoms with E-state index < -0.39 is 21.3 Å². The van der Waals surface area contributed by atoms with E-state index in [9.17, 15) is 17.6 Å². The van der Waals surface area contributed by atoms with Crippen LogP contribution in [-0.4, -0.2) is 24.9 Å². The van der Waals surface area contributed by atoms with Gasteiger partial charge in [0.2, 0.25) is 10.0 Å². The molecule has 0 amide bonds. The first-order valence-electron chi connectivity index (χ1n) is 10.7. The molecule has 0 unspecified atom stereocenters. The zero-order valence-corrected chi connectivity index (χ0v) is 18.2. The summed E-state index contributed by atoms with van der Waals surface area (Å²) < 4.78 is 42.0. The molecule has 5 rings (SSSR count). The summed E-state index contributed by atoms with van der Waals surface area (Å²) in [7, 11) is -3.85. The molecule has 0 atom stereocenters. The number of nitriles is 1. The van der Waals surface area contributed by atoms with E-state index in [1.807, 2.05) is 24.3 Å². The predicted molar refractivity (Wildman–Crippen MR) is 118 cm³/mol. The number of carbonyl (C=O) groups is 1. The number of halogens is 1. The minimum atomic E-state index is -3.85. The maximum Gasteiger partial charge on any atom is 0.234 e. The van der Waals surface area contributed by atoms with Crippen LogP contribution in [0.2, 0.25) is 0 Å². The van der Waals surface area contributed by atoms with Crippen molar-refractivity contribution in [2.45, 2.75) is 38.5 Å². The van der Waals surface area contributed by atoms with Crippen LogP contribution in [0.3, 0.4) is 0 Å². The largest absolute Gasteiger partial charge is 0.299 e. The van der Waals surface area contributed by atoms with E-state index in [-0.39, 0.29) is 29.6 Å². The third-order valence-electron chi connectivity index (χ3n) is 6.28. The van der Waals surface area contributed by atoms with Crippen LogP contribution in [0, 0.1) is 28.5 Å². The third kappa shape index (κ3) is 4.17. The molecule has 0 radical (unpaired) electrons. The fraction of sp³-hybridized carbons (Fsp3) is 0.375. The SMILES string of the molecule is N#CC1(CS(=O)(=O)Nc2ccc(-c3cc(CC(=O)C4CC4)nc4c3C=CC4)cc2F)CC1. The summed E-state index contributed by atoms with van der Waals surface area (Å²) in [6.07, 6.45) is 7.81. The van der Waals surface area contributed by atoms with E-state index in [1.165, 1.54) is 12.1 Å². The van der Waals surface area contributed by atoms with Crippen LogP contribution in [-0.2, 0) is 27.7 Å². The summed E-state index contributed by atoms with van der Waals surface area (Å²) in [5.74, 6) is -0.696. The summed E-state index contributed by atoms with van der Waals surface area (Å²) in [4.78, 5) is 16.9. The highest BCUT2D eigenvalue weighted by molar-refractivity contribution is 7.92. The van der Waals surface area contributed by atoms with Crippen LogP contribution < -0.4 is 4.72 Å². The smallest absolute Gasteiger partial charge is 0.234 e. The Morgan fingerprint density at radius 1 is 1.28 bits per heavy atom. The number of rotatable bonds is 8. The van der Waals surface area contributed by atoms with Gasteiger partial charge in [-0.25, -0.2) is 12.8 Å². The van der Waals surface area contributed by atoms with Crippen molar-refractivity contribution in [2.24, 2.45) is 11.3 Å². The van der Waals surface area contributed by atoms with Crippen LogP contribution in [0.1, 0.15) is 42.6 Å². The van der Waals surface area contributed by atoms with Crippen molar-refractivity contribution in [1.82, 2.24) is 4.98 Å². The number of nitrogens with one attached hydrogen (secondary N) is 1. The molecule has 1 N–H and O–H groups in total. The summed E-state index contributed by atoms with van der Waals surface area (Å²) in [5, 5.41) is 9.14. The molecule has 32 heavy (non-hydrogen) atoms. The first kappa shape index (κ1) is 20.8. The van der Waals surface area contributed by atoms with Gasteiger partial charge in [0, 0.05) is 30.0 Å². The Labute approximate surface area is 186 Å². The Balaban J connectivity index is 1.42. The second-order valence-electron chi connectivity index (χ2n) is 8.99. The lowest BCUT2D eigenvalue weighted by molar-refractivity contribution is -0.119. The van der Waals surface area contributed by atoms with Gasteiger partial charge in [0.25, 0.3) is 0 Å². The van der Waals surface area contributed by atoms with Gasteiger partial charge in [0.1, 0.15) is 11.6 Å². The van der Waals surface area contributed by atoms with Crippen molar-refractivity contribution in [3.05, 3.63) is 53.1 Å². The van der Waals surface area contributed by atoms with Crippen molar-refractivity contribution >= 4 is 27.6 Å². The molecular weight excluding hydrogens is 429 g/mol. The highest BCUT2D eigenvalue weighted by Crippen LogP contribution is 2.46. The molecule has 1 aromatic carbocycles. The first-order valence-corrected chi connectivity index (χ1v) is 12.4. The number of anilines is 1. The number of nitrogens with zero attached hydrogens (tertiary/aromatic N) is 2. The Morgan fingerprint density at radius 3 is 2.72 bits per heavy atom. The number of ketones is 1. The molecule has 0 spiro atoms. The second kappa shape index (κ2) is 7.52. The van der Waals surface area contributed by atoms with Crippen molar-refractivity contribution in [3.63, 3.8) is 0 Å². The monoisotopic (exact) mass is 451 g/mol. The lowest BCUT2D eigenvalue weighted by Crippen LogP contribution is -2.23. The number of allylic oxidation sites excluding steroid dienone is 1. The number of aromatic nitrogens is 1. The summed E-state index contributed by atoms with van der Waals surface area (Å²) in [6, 6.07) is 8.23. The molecule has 3 aliphatic carbocycles. The van der Waals surface area contributed by atoms with E-state index in [0.717, 1.165) is 29.7 Å². The van der Waals surface area contributed by atoms with E-state index in [0.29, 0.717) is 30.5 Å². The number of pyridine rings is 1. The van der Waals surface area contributed by atoms with Crippen molar-refractivity contribution in [2.75, 3.05) is 10.5 Å². The van der Waals surface area contributed by atoms with Crippen LogP contribution in [0.25, 0.3) is 17.2 Å². The van der Waals surface area contributed by atoms with Crippen LogP contribution >= 0.6 is 0 Å². The third-order valence-corrected chi connectivity index (χ3v) is 7.74. The van der Waals surface area contributed by atoms with Gasteiger partial charge in [-0.15, -0.1) is 0 Å². The highest BCUT2D eigenvalue weighted by Gasteiger charge is 2.47. The maximum atomic E-state index is 14.9. The number of benzene rings is 1. The molecular formula is C24H22FN3O3S. The molecule has 3 aliphatic rings. The second-order valence-corrected chi connectivity index (χ2v) is 10.7. The Hall–Kier alpha value is -3.05. The predicted octanol–water partition coefficient (Wildman–Crippen LogP) is 4.02. The van der Waals surface area contributed by atoms with Gasteiger partial charge in [-0.3, -0.25) is 14.5 Å². The molecule has 1 heterocycles. The number of carbonyl (C=O) groups excluding carboxylic acids is 1. The lowest BCUT2D eigenvalue weighted by atomic mass is 9.97. The van der Waals surface area contributed by atoms with Crippen LogP contribution in [0.15, 0.2) is 30.3 Å². The van der Waals surface area contributed by atoms with Gasteiger partial charge in [0.05, 0.1) is 28.6 Å². The Bertz CT molecular complexity index is 1300. The molecule has 2 saturated carbocycles. The molecule has 0 saturated heterocycles. The van der Waals surface area contributed by atoms with Crippen LogP contribution in [0.5, 0.6) is 0 Å². The normalized spacial score (nSPS) is 18.1. The highest BCUT2D eigenvalue weighted by atomic mass is 32.2. The first-order chi connectivity index (χ1) is 15.3. The van der Waals surface area contributed by atoms with Crippen molar-refractivity contribution < 1.29 is 17.6 Å². The number of sulfonamides is 1. The summed E-state index contributed by atoms with van der Waals surface area (Å²) in [6.45, 7) is 0. The summed E-state index contributed by atoms with van der Waals surface area (Å²) >= 11 is 0. The molecule has 0 aliphatic heterocycles. The quantitative estimate of drug-likeness (QED) is 0.653. The number of hydrogen-bond donors (Lipinski definition) is 1. The minimum absolute atomic E-state index is 0.145. The molecule has 2 aromatic rings. The average Bonchev–Trinajstić information content (AvgIpc) is 3.67. The molecule has 6 nitrogen and oxygen atoms in total. The molecule has 8 heteroatoms. The van der Waals surface area contributed by atoms with Gasteiger partial charge in [-0.1, -0.05) is 18.2 Å². The number of fused-ring (bicyclic) bond motifs is 1. The maximum absolute atomic E-state index is 14.9. The van der Waals surface area contributed by atoms with Crippen molar-refractivity contribution in [3.8, 4) is 17.2 Å². The zero-order chi connectivity index (χ0) is 22.5.